The fourth-order valence-electron chi connectivity index (χ4n) is 3.55. The van der Waals surface area contributed by atoms with E-state index in [1.807, 2.05) is 72.8 Å². The van der Waals surface area contributed by atoms with Crippen LogP contribution in [-0.2, 0) is 5.41 Å². The van der Waals surface area contributed by atoms with Gasteiger partial charge in [-0.15, -0.1) is 0 Å². The van der Waals surface area contributed by atoms with Crippen LogP contribution in [0.15, 0.2) is 77.3 Å². The number of nitrogens with zero attached hydrogens (tertiary/aromatic N) is 2. The molecule has 1 aromatic heterocycles. The van der Waals surface area contributed by atoms with Crippen molar-refractivity contribution in [2.45, 2.75) is 26.2 Å². The molecule has 1 amide bonds. The minimum atomic E-state index is -0.0837. The zero-order chi connectivity index (χ0) is 23.4. The van der Waals surface area contributed by atoms with Gasteiger partial charge in [-0.1, -0.05) is 73.1 Å². The van der Waals surface area contributed by atoms with Crippen molar-refractivity contribution in [3.63, 3.8) is 0 Å². The first-order valence-electron chi connectivity index (χ1n) is 11.0. The molecule has 6 heteroatoms. The second-order valence-electron chi connectivity index (χ2n) is 8.93. The molecule has 0 saturated heterocycles. The molecule has 4 rings (SSSR count). The van der Waals surface area contributed by atoms with Crippen molar-refractivity contribution in [3.05, 3.63) is 88.4 Å². The van der Waals surface area contributed by atoms with Crippen molar-refractivity contribution in [1.29, 1.82) is 0 Å². The number of benzene rings is 3. The molecule has 0 spiro atoms. The van der Waals surface area contributed by atoms with Gasteiger partial charge in [0.25, 0.3) is 5.91 Å². The van der Waals surface area contributed by atoms with Crippen LogP contribution in [0.1, 0.15) is 36.7 Å². The number of amides is 1. The van der Waals surface area contributed by atoms with Gasteiger partial charge in [-0.2, -0.15) is 0 Å². The van der Waals surface area contributed by atoms with Gasteiger partial charge in [-0.25, -0.2) is 9.97 Å². The van der Waals surface area contributed by atoms with Crippen molar-refractivity contribution in [2.24, 2.45) is 0 Å². The van der Waals surface area contributed by atoms with Crippen LogP contribution in [0.5, 0.6) is 0 Å². The monoisotopic (exact) mass is 502 g/mol. The number of carbonyl (C=O) groups is 1. The maximum atomic E-state index is 12.5. The largest absolute Gasteiger partial charge is 0.368 e. The van der Waals surface area contributed by atoms with Crippen LogP contribution in [0.4, 0.5) is 5.82 Å². The highest BCUT2D eigenvalue weighted by molar-refractivity contribution is 9.10. The smallest absolute Gasteiger partial charge is 0.251 e. The molecule has 2 N–H and O–H groups in total. The lowest BCUT2D eigenvalue weighted by atomic mass is 9.87. The zero-order valence-electron chi connectivity index (χ0n) is 19.0. The highest BCUT2D eigenvalue weighted by Crippen LogP contribution is 2.26. The highest BCUT2D eigenvalue weighted by Gasteiger charge is 2.14. The number of aromatic nitrogens is 2. The van der Waals surface area contributed by atoms with Crippen LogP contribution in [-0.4, -0.2) is 29.0 Å². The number of halogens is 1. The minimum Gasteiger partial charge on any atom is -0.368 e. The van der Waals surface area contributed by atoms with Gasteiger partial charge in [0.15, 0.2) is 5.82 Å². The fraction of sp³-hybridized carbons (Fsp3) is 0.222. The molecule has 168 valence electrons. The molecule has 5 nitrogen and oxygen atoms in total. The molecule has 1 heterocycles. The topological polar surface area (TPSA) is 66.9 Å². The number of nitrogens with one attached hydrogen (secondary N) is 2. The van der Waals surface area contributed by atoms with E-state index in [0.29, 0.717) is 24.5 Å². The summed E-state index contributed by atoms with van der Waals surface area (Å²) in [4.78, 5) is 22.0. The summed E-state index contributed by atoms with van der Waals surface area (Å²) in [5, 5.41) is 7.29. The summed E-state index contributed by atoms with van der Waals surface area (Å²) in [6.07, 6.45) is 0. The summed E-state index contributed by atoms with van der Waals surface area (Å²) in [6.45, 7) is 7.50. The van der Waals surface area contributed by atoms with Gasteiger partial charge in [0.1, 0.15) is 5.82 Å². The van der Waals surface area contributed by atoms with Crippen molar-refractivity contribution >= 4 is 38.6 Å². The third-order valence-corrected chi connectivity index (χ3v) is 5.90. The molecule has 0 unspecified atom stereocenters. The van der Waals surface area contributed by atoms with Crippen LogP contribution in [0.2, 0.25) is 0 Å². The normalized spacial score (nSPS) is 11.4. The van der Waals surface area contributed by atoms with Gasteiger partial charge in [0, 0.05) is 34.1 Å². The lowest BCUT2D eigenvalue weighted by Crippen LogP contribution is -2.29. The predicted molar refractivity (Wildman–Crippen MR) is 139 cm³/mol. The maximum Gasteiger partial charge on any atom is 0.251 e. The summed E-state index contributed by atoms with van der Waals surface area (Å²) >= 11 is 3.51. The van der Waals surface area contributed by atoms with E-state index in [9.17, 15) is 4.79 Å². The first-order chi connectivity index (χ1) is 15.8. The molecule has 0 saturated carbocycles. The van der Waals surface area contributed by atoms with E-state index in [0.717, 1.165) is 26.8 Å². The molecule has 0 aliphatic carbocycles. The van der Waals surface area contributed by atoms with Gasteiger partial charge >= 0.3 is 0 Å². The quantitative estimate of drug-likeness (QED) is 0.308. The van der Waals surface area contributed by atoms with E-state index in [1.54, 1.807) is 0 Å². The van der Waals surface area contributed by atoms with Gasteiger partial charge in [0.05, 0.1) is 5.52 Å². The third kappa shape index (κ3) is 5.57. The lowest BCUT2D eigenvalue weighted by Gasteiger charge is -2.19. The Morgan fingerprint density at radius 2 is 1.67 bits per heavy atom. The van der Waals surface area contributed by atoms with Crippen LogP contribution >= 0.6 is 15.9 Å². The van der Waals surface area contributed by atoms with Crippen LogP contribution < -0.4 is 10.6 Å². The van der Waals surface area contributed by atoms with Gasteiger partial charge < -0.3 is 10.6 Å². The Morgan fingerprint density at radius 1 is 0.909 bits per heavy atom. The molecule has 0 bridgehead atoms. The Kier molecular flexibility index (Phi) is 6.75. The molecule has 0 atom stereocenters. The Labute approximate surface area is 202 Å². The first kappa shape index (κ1) is 22.9. The van der Waals surface area contributed by atoms with Gasteiger partial charge in [0.2, 0.25) is 0 Å². The lowest BCUT2D eigenvalue weighted by molar-refractivity contribution is 0.0955. The molecule has 0 fully saturated rings. The summed E-state index contributed by atoms with van der Waals surface area (Å²) in [7, 11) is 0. The van der Waals surface area contributed by atoms with Crippen molar-refractivity contribution in [2.75, 3.05) is 18.4 Å². The summed E-state index contributed by atoms with van der Waals surface area (Å²) in [5.74, 6) is 1.32. The average Bonchev–Trinajstić information content (AvgIpc) is 2.81. The first-order valence-corrected chi connectivity index (χ1v) is 11.8. The van der Waals surface area contributed by atoms with Crippen molar-refractivity contribution in [3.8, 4) is 11.4 Å². The summed E-state index contributed by atoms with van der Waals surface area (Å²) in [5.41, 5.74) is 3.73. The van der Waals surface area contributed by atoms with E-state index in [4.69, 9.17) is 9.97 Å². The van der Waals surface area contributed by atoms with E-state index in [1.165, 1.54) is 5.56 Å². The summed E-state index contributed by atoms with van der Waals surface area (Å²) in [6, 6.07) is 23.6. The molecule has 0 aliphatic rings. The standard InChI is InChI=1S/C27H27BrN4O/c1-27(2,3)20-13-11-18(12-14-20)26(33)30-16-15-29-25-22-9-4-5-10-23(22)31-24(32-25)19-7-6-8-21(28)17-19/h4-14,17H,15-16H2,1-3H3,(H,30,33)(H,29,31,32). The second-order valence-corrected chi connectivity index (χ2v) is 9.85. The number of fused-ring (bicyclic) bond motifs is 1. The van der Waals surface area contributed by atoms with E-state index >= 15 is 0 Å². The molecule has 33 heavy (non-hydrogen) atoms. The molecular formula is C27H27BrN4O. The van der Waals surface area contributed by atoms with E-state index in [-0.39, 0.29) is 11.3 Å². The predicted octanol–water partition coefficient (Wildman–Crippen LogP) is 6.20. The number of hydrogen-bond acceptors (Lipinski definition) is 4. The van der Waals surface area contributed by atoms with Crippen LogP contribution in [0.25, 0.3) is 22.3 Å². The Morgan fingerprint density at radius 3 is 2.39 bits per heavy atom. The number of para-hydroxylation sites is 1. The number of hydrogen-bond donors (Lipinski definition) is 2. The molecule has 0 aliphatic heterocycles. The van der Waals surface area contributed by atoms with Crippen LogP contribution in [0.3, 0.4) is 0 Å². The van der Waals surface area contributed by atoms with Crippen LogP contribution in [0, 0.1) is 0 Å². The van der Waals surface area contributed by atoms with E-state index in [2.05, 4.69) is 47.3 Å². The SMILES string of the molecule is CC(C)(C)c1ccc(C(=O)NCCNc2nc(-c3cccc(Br)c3)nc3ccccc23)cc1. The molecule has 3 aromatic carbocycles. The van der Waals surface area contributed by atoms with Crippen molar-refractivity contribution < 1.29 is 4.79 Å². The number of anilines is 1. The Bertz CT molecular complexity index is 1280. The molecule has 0 radical (unpaired) electrons. The number of rotatable bonds is 6. The zero-order valence-corrected chi connectivity index (χ0v) is 20.6. The molecular weight excluding hydrogens is 476 g/mol. The van der Waals surface area contributed by atoms with Gasteiger partial charge in [-0.05, 0) is 47.4 Å². The average molecular weight is 503 g/mol. The Balaban J connectivity index is 1.44. The van der Waals surface area contributed by atoms with E-state index < -0.39 is 0 Å². The second kappa shape index (κ2) is 9.71. The third-order valence-electron chi connectivity index (χ3n) is 5.40. The minimum absolute atomic E-state index is 0.0634. The fourth-order valence-corrected chi connectivity index (χ4v) is 3.95. The van der Waals surface area contributed by atoms with Crippen molar-refractivity contribution in [1.82, 2.24) is 15.3 Å². The maximum absolute atomic E-state index is 12.5. The highest BCUT2D eigenvalue weighted by atomic mass is 79.9. The summed E-state index contributed by atoms with van der Waals surface area (Å²) < 4.78 is 0.976. The van der Waals surface area contributed by atoms with Gasteiger partial charge in [-0.3, -0.25) is 4.79 Å². The molecule has 4 aromatic rings. The Hall–Kier alpha value is -3.25. The number of carbonyl (C=O) groups excluding carboxylic acids is 1.